The summed E-state index contributed by atoms with van der Waals surface area (Å²) < 4.78 is 29.4. The molecule has 0 fully saturated rings. The number of hydrogen-bond donors (Lipinski definition) is 3. The van der Waals surface area contributed by atoms with Gasteiger partial charge in [0.25, 0.3) is 0 Å². The summed E-state index contributed by atoms with van der Waals surface area (Å²) in [6.45, 7) is 5.39. The van der Waals surface area contributed by atoms with E-state index in [9.17, 15) is 13.6 Å². The predicted molar refractivity (Wildman–Crippen MR) is 104 cm³/mol. The molecule has 0 spiro atoms. The number of benzene rings is 1. The molecule has 3 rings (SSSR count). The molecule has 1 aromatic carbocycles. The molecule has 0 radical (unpaired) electrons. The lowest BCUT2D eigenvalue weighted by atomic mass is 10.3. The molecule has 1 atom stereocenters. The number of primary amides is 1. The van der Waals surface area contributed by atoms with Gasteiger partial charge in [-0.3, -0.25) is 9.36 Å². The van der Waals surface area contributed by atoms with Crippen molar-refractivity contribution >= 4 is 34.7 Å². The topological polar surface area (TPSA) is 111 Å². The molecule has 1 amide bonds. The maximum Gasteiger partial charge on any atom is 0.240 e. The lowest BCUT2D eigenvalue weighted by Gasteiger charge is -2.15. The van der Waals surface area contributed by atoms with Crippen LogP contribution >= 0.6 is 0 Å². The van der Waals surface area contributed by atoms with Gasteiger partial charge in [0.2, 0.25) is 17.8 Å². The van der Waals surface area contributed by atoms with Crippen LogP contribution in [0, 0.1) is 11.6 Å². The first-order chi connectivity index (χ1) is 12.8. The summed E-state index contributed by atoms with van der Waals surface area (Å²) in [6.07, 6.45) is 1.46. The summed E-state index contributed by atoms with van der Waals surface area (Å²) in [5.74, 6) is -1.89. The number of amides is 1. The maximum atomic E-state index is 14.0. The Morgan fingerprint density at radius 2 is 1.82 bits per heavy atom. The van der Waals surface area contributed by atoms with Crippen molar-refractivity contribution in [2.45, 2.75) is 40.3 Å². The summed E-state index contributed by atoms with van der Waals surface area (Å²) in [6, 6.07) is 2.69. The molecule has 150 valence electrons. The second kappa shape index (κ2) is 8.15. The van der Waals surface area contributed by atoms with Gasteiger partial charge in [-0.1, -0.05) is 13.5 Å². The first-order valence-corrected chi connectivity index (χ1v) is 8.29. The average molecular weight is 391 g/mol. The van der Waals surface area contributed by atoms with Gasteiger partial charge in [0, 0.05) is 6.04 Å². The molecule has 0 bridgehead atoms. The number of aromatic nitrogens is 4. The molecule has 2 heterocycles. The van der Waals surface area contributed by atoms with Crippen LogP contribution in [0.2, 0.25) is 0 Å². The third-order valence-corrected chi connectivity index (χ3v) is 3.85. The van der Waals surface area contributed by atoms with Gasteiger partial charge in [-0.15, -0.1) is 0 Å². The molecule has 8 nitrogen and oxygen atoms in total. The van der Waals surface area contributed by atoms with E-state index in [1.165, 1.54) is 16.8 Å². The van der Waals surface area contributed by atoms with Crippen LogP contribution in [0.3, 0.4) is 0 Å². The molecule has 0 aliphatic rings. The minimum absolute atomic E-state index is 0. The Labute approximate surface area is 161 Å². The fraction of sp³-hybridized carbons (Fsp3) is 0.333. The highest BCUT2D eigenvalue weighted by molar-refractivity contribution is 5.83. The highest BCUT2D eigenvalue weighted by Gasteiger charge is 2.23. The van der Waals surface area contributed by atoms with Crippen LogP contribution in [0.15, 0.2) is 24.4 Å². The molecular weight excluding hydrogens is 368 g/mol. The monoisotopic (exact) mass is 391 g/mol. The highest BCUT2D eigenvalue weighted by atomic mass is 19.1. The van der Waals surface area contributed by atoms with Crippen LogP contribution in [-0.4, -0.2) is 31.5 Å². The number of carbonyl (C=O) groups excluding carboxylic acids is 1. The SMILES string of the molecule is C.CC(C)Nc1ncc2nc(Nc3c(F)cccc3F)n([C@H](C)C(N)=O)c2n1. The lowest BCUT2D eigenvalue weighted by Crippen LogP contribution is -2.25. The fourth-order valence-corrected chi connectivity index (χ4v) is 2.53. The van der Waals surface area contributed by atoms with E-state index in [1.807, 2.05) is 13.8 Å². The van der Waals surface area contributed by atoms with Crippen molar-refractivity contribution in [1.82, 2.24) is 19.5 Å². The number of para-hydroxylation sites is 1. The second-order valence-corrected chi connectivity index (χ2v) is 6.31. The van der Waals surface area contributed by atoms with Crippen molar-refractivity contribution in [2.24, 2.45) is 5.73 Å². The summed E-state index contributed by atoms with van der Waals surface area (Å²) >= 11 is 0. The summed E-state index contributed by atoms with van der Waals surface area (Å²) in [4.78, 5) is 24.6. The van der Waals surface area contributed by atoms with Crippen LogP contribution < -0.4 is 16.4 Å². The number of rotatable bonds is 6. The Balaban J connectivity index is 0.00000280. The normalized spacial score (nSPS) is 11.9. The average Bonchev–Trinajstić information content (AvgIpc) is 2.94. The van der Waals surface area contributed by atoms with Crippen molar-refractivity contribution in [3.63, 3.8) is 0 Å². The van der Waals surface area contributed by atoms with Gasteiger partial charge in [0.15, 0.2) is 5.65 Å². The number of halogens is 2. The number of anilines is 3. The quantitative estimate of drug-likeness (QED) is 0.594. The Bertz CT molecular complexity index is 983. The van der Waals surface area contributed by atoms with E-state index in [-0.39, 0.29) is 25.1 Å². The van der Waals surface area contributed by atoms with E-state index < -0.39 is 23.6 Å². The standard InChI is InChI=1S/C17H19F2N7O.CH4/c1-8(2)22-16-21-7-12-15(25-16)26(9(3)14(20)27)17(23-12)24-13-10(18)5-4-6-11(13)19;/h4-9H,1-3H3,(H2,20,27)(H,23,24)(H,21,22,25);1H4/t9-;/m1./s1. The van der Waals surface area contributed by atoms with Gasteiger partial charge < -0.3 is 16.4 Å². The highest BCUT2D eigenvalue weighted by Crippen LogP contribution is 2.28. The first-order valence-electron chi connectivity index (χ1n) is 8.29. The summed E-state index contributed by atoms with van der Waals surface area (Å²) in [5.41, 5.74) is 5.70. The van der Waals surface area contributed by atoms with Gasteiger partial charge in [0.1, 0.15) is 28.9 Å². The third kappa shape index (κ3) is 4.00. The molecule has 10 heteroatoms. The van der Waals surface area contributed by atoms with Crippen LogP contribution in [0.1, 0.15) is 34.2 Å². The Morgan fingerprint density at radius 1 is 1.18 bits per heavy atom. The zero-order valence-corrected chi connectivity index (χ0v) is 15.0. The molecular formula is C18H23F2N7O. The molecule has 4 N–H and O–H groups in total. The van der Waals surface area contributed by atoms with Crippen molar-refractivity contribution < 1.29 is 13.6 Å². The summed E-state index contributed by atoms with van der Waals surface area (Å²) in [5, 5.41) is 5.65. The van der Waals surface area contributed by atoms with E-state index in [2.05, 4.69) is 25.6 Å². The smallest absolute Gasteiger partial charge is 0.240 e. The van der Waals surface area contributed by atoms with Crippen LogP contribution in [-0.2, 0) is 4.79 Å². The predicted octanol–water partition coefficient (Wildman–Crippen LogP) is 3.35. The van der Waals surface area contributed by atoms with Crippen LogP contribution in [0.25, 0.3) is 11.2 Å². The van der Waals surface area contributed by atoms with Gasteiger partial charge in [-0.2, -0.15) is 4.98 Å². The molecule has 0 saturated carbocycles. The minimum atomic E-state index is -0.867. The molecule has 0 saturated heterocycles. The minimum Gasteiger partial charge on any atom is -0.368 e. The Morgan fingerprint density at radius 3 is 2.39 bits per heavy atom. The van der Waals surface area contributed by atoms with Crippen LogP contribution in [0.5, 0.6) is 0 Å². The molecule has 0 unspecified atom stereocenters. The second-order valence-electron chi connectivity index (χ2n) is 6.31. The largest absolute Gasteiger partial charge is 0.368 e. The molecule has 0 aliphatic heterocycles. The third-order valence-electron chi connectivity index (χ3n) is 3.85. The number of hydrogen-bond acceptors (Lipinski definition) is 6. The van der Waals surface area contributed by atoms with Crippen molar-refractivity contribution in [3.8, 4) is 0 Å². The number of nitrogens with two attached hydrogens (primary N) is 1. The van der Waals surface area contributed by atoms with Crippen LogP contribution in [0.4, 0.5) is 26.4 Å². The number of fused-ring (bicyclic) bond motifs is 1. The molecule has 3 aromatic rings. The zero-order chi connectivity index (χ0) is 19.7. The first kappa shape index (κ1) is 21.0. The van der Waals surface area contributed by atoms with E-state index in [0.717, 1.165) is 12.1 Å². The summed E-state index contributed by atoms with van der Waals surface area (Å²) in [7, 11) is 0. The van der Waals surface area contributed by atoms with E-state index in [1.54, 1.807) is 6.92 Å². The number of imidazole rings is 1. The molecule has 0 aliphatic carbocycles. The molecule has 2 aromatic heterocycles. The van der Waals surface area contributed by atoms with Crippen molar-refractivity contribution in [2.75, 3.05) is 10.6 Å². The Hall–Kier alpha value is -3.30. The van der Waals surface area contributed by atoms with Gasteiger partial charge in [-0.05, 0) is 32.9 Å². The lowest BCUT2D eigenvalue weighted by molar-refractivity contribution is -0.120. The van der Waals surface area contributed by atoms with E-state index in [4.69, 9.17) is 5.73 Å². The molecule has 28 heavy (non-hydrogen) atoms. The Kier molecular flexibility index (Phi) is 6.12. The maximum absolute atomic E-state index is 14.0. The number of nitrogens with one attached hydrogen (secondary N) is 2. The van der Waals surface area contributed by atoms with Crippen molar-refractivity contribution in [3.05, 3.63) is 36.0 Å². The van der Waals surface area contributed by atoms with Gasteiger partial charge in [-0.25, -0.2) is 18.7 Å². The number of carbonyl (C=O) groups is 1. The van der Waals surface area contributed by atoms with E-state index >= 15 is 0 Å². The van der Waals surface area contributed by atoms with Crippen molar-refractivity contribution in [1.29, 1.82) is 0 Å². The van der Waals surface area contributed by atoms with Gasteiger partial charge in [0.05, 0.1) is 6.20 Å². The zero-order valence-electron chi connectivity index (χ0n) is 15.0. The van der Waals surface area contributed by atoms with Gasteiger partial charge >= 0.3 is 0 Å². The van der Waals surface area contributed by atoms with E-state index in [0.29, 0.717) is 17.1 Å². The number of nitrogens with zero attached hydrogens (tertiary/aromatic N) is 4. The fourth-order valence-electron chi connectivity index (χ4n) is 2.53.